The molecule has 0 fully saturated rings. The number of aryl methyl sites for hydroxylation is 1. The van der Waals surface area contributed by atoms with E-state index in [4.69, 9.17) is 21.1 Å². The molecular formula is C24H14Br2ClNO4. The summed E-state index contributed by atoms with van der Waals surface area (Å²) in [4.78, 5) is 29.4. The molecule has 0 unspecified atom stereocenters. The van der Waals surface area contributed by atoms with Gasteiger partial charge in [-0.2, -0.15) is 0 Å². The van der Waals surface area contributed by atoms with Gasteiger partial charge in [-0.1, -0.05) is 45.2 Å². The Bertz CT molecular complexity index is 1280. The summed E-state index contributed by atoms with van der Waals surface area (Å²) in [5, 5.41) is 0.513. The van der Waals surface area contributed by atoms with E-state index in [2.05, 4.69) is 36.9 Å². The van der Waals surface area contributed by atoms with Crippen LogP contribution in [0.15, 0.2) is 80.3 Å². The highest BCUT2D eigenvalue weighted by Gasteiger charge is 2.25. The molecule has 0 amide bonds. The lowest BCUT2D eigenvalue weighted by atomic mass is 10.1. The molecular weight excluding hydrogens is 562 g/mol. The van der Waals surface area contributed by atoms with Gasteiger partial charge >= 0.3 is 11.9 Å². The van der Waals surface area contributed by atoms with Crippen LogP contribution in [0, 0.1) is 6.92 Å². The number of carbonyl (C=O) groups excluding carboxylic acids is 2. The molecule has 0 spiro atoms. The number of aliphatic imine (C=N–C) groups is 1. The van der Waals surface area contributed by atoms with Gasteiger partial charge in [0.15, 0.2) is 11.4 Å². The normalized spacial score (nSPS) is 14.3. The first kappa shape index (κ1) is 22.5. The second kappa shape index (κ2) is 9.40. The van der Waals surface area contributed by atoms with Gasteiger partial charge in [0.25, 0.3) is 0 Å². The number of cyclic esters (lactones) is 1. The number of carbonyl (C=O) groups is 2. The van der Waals surface area contributed by atoms with Crippen molar-refractivity contribution in [1.82, 2.24) is 0 Å². The SMILES string of the molecule is Cc1ccc(C2=N/C(=C\c3cc(Br)cc(Br)c3OC(=O)c3ccc(Cl)cc3)C(=O)O2)cc1. The molecule has 4 rings (SSSR count). The summed E-state index contributed by atoms with van der Waals surface area (Å²) in [5.74, 6) is -0.698. The van der Waals surface area contributed by atoms with Gasteiger partial charge in [0.05, 0.1) is 10.0 Å². The number of nitrogens with zero attached hydrogens (tertiary/aromatic N) is 1. The van der Waals surface area contributed by atoms with Crippen molar-refractivity contribution in [1.29, 1.82) is 0 Å². The van der Waals surface area contributed by atoms with Crippen LogP contribution in [-0.2, 0) is 9.53 Å². The summed E-state index contributed by atoms with van der Waals surface area (Å²) in [7, 11) is 0. The standard InChI is InChI=1S/C24H14Br2ClNO4/c1-13-2-4-14(5-3-13)22-28-20(24(30)32-22)11-16-10-17(25)12-19(26)21(16)31-23(29)15-6-8-18(27)9-7-15/h2-12H,1H3/b20-11-. The Morgan fingerprint density at radius 1 is 1.06 bits per heavy atom. The van der Waals surface area contributed by atoms with Gasteiger partial charge in [0.2, 0.25) is 5.90 Å². The molecule has 32 heavy (non-hydrogen) atoms. The molecule has 0 bridgehead atoms. The Labute approximate surface area is 206 Å². The molecule has 0 radical (unpaired) electrons. The first-order valence-electron chi connectivity index (χ1n) is 9.36. The fraction of sp³-hybridized carbons (Fsp3) is 0.0417. The zero-order valence-electron chi connectivity index (χ0n) is 16.6. The van der Waals surface area contributed by atoms with Gasteiger partial charge in [0, 0.05) is 20.6 Å². The topological polar surface area (TPSA) is 65.0 Å². The van der Waals surface area contributed by atoms with E-state index in [9.17, 15) is 9.59 Å². The minimum absolute atomic E-state index is 0.0920. The van der Waals surface area contributed by atoms with Crippen molar-refractivity contribution in [3.63, 3.8) is 0 Å². The molecule has 3 aromatic rings. The predicted octanol–water partition coefficient (Wildman–Crippen LogP) is 6.74. The average molecular weight is 576 g/mol. The molecule has 0 atom stereocenters. The second-order valence-electron chi connectivity index (χ2n) is 6.90. The molecule has 0 N–H and O–H groups in total. The van der Waals surface area contributed by atoms with Gasteiger partial charge < -0.3 is 9.47 Å². The third-order valence-electron chi connectivity index (χ3n) is 4.52. The number of ether oxygens (including phenoxy) is 2. The molecule has 1 aliphatic rings. The molecule has 1 heterocycles. The number of esters is 2. The minimum Gasteiger partial charge on any atom is -0.421 e. The van der Waals surface area contributed by atoms with Gasteiger partial charge in [-0.3, -0.25) is 0 Å². The van der Waals surface area contributed by atoms with Crippen LogP contribution in [0.5, 0.6) is 5.75 Å². The van der Waals surface area contributed by atoms with Crippen LogP contribution in [0.3, 0.4) is 0 Å². The molecule has 0 saturated carbocycles. The Morgan fingerprint density at radius 3 is 2.44 bits per heavy atom. The van der Waals surface area contributed by atoms with E-state index < -0.39 is 11.9 Å². The van der Waals surface area contributed by atoms with Crippen LogP contribution >= 0.6 is 43.5 Å². The summed E-state index contributed by atoms with van der Waals surface area (Å²) < 4.78 is 12.2. The van der Waals surface area contributed by atoms with Crippen molar-refractivity contribution < 1.29 is 19.1 Å². The van der Waals surface area contributed by atoms with Crippen LogP contribution in [-0.4, -0.2) is 17.8 Å². The molecule has 3 aromatic carbocycles. The number of hydrogen-bond acceptors (Lipinski definition) is 5. The van der Waals surface area contributed by atoms with Crippen molar-refractivity contribution in [2.45, 2.75) is 6.92 Å². The monoisotopic (exact) mass is 573 g/mol. The van der Waals surface area contributed by atoms with Crippen LogP contribution in [0.1, 0.15) is 27.0 Å². The van der Waals surface area contributed by atoms with Crippen molar-refractivity contribution in [2.75, 3.05) is 0 Å². The molecule has 0 saturated heterocycles. The lowest BCUT2D eigenvalue weighted by Crippen LogP contribution is -2.10. The first-order chi connectivity index (χ1) is 15.3. The summed E-state index contributed by atoms with van der Waals surface area (Å²) >= 11 is 12.7. The van der Waals surface area contributed by atoms with Crippen LogP contribution in [0.4, 0.5) is 0 Å². The largest absolute Gasteiger partial charge is 0.421 e. The zero-order chi connectivity index (χ0) is 22.8. The highest BCUT2D eigenvalue weighted by atomic mass is 79.9. The molecule has 1 aliphatic heterocycles. The number of hydrogen-bond donors (Lipinski definition) is 0. The van der Waals surface area contributed by atoms with Crippen LogP contribution < -0.4 is 4.74 Å². The number of rotatable bonds is 4. The van der Waals surface area contributed by atoms with Crippen molar-refractivity contribution >= 4 is 67.4 Å². The van der Waals surface area contributed by atoms with E-state index in [1.54, 1.807) is 36.4 Å². The van der Waals surface area contributed by atoms with Crippen molar-refractivity contribution in [3.05, 3.63) is 103 Å². The van der Waals surface area contributed by atoms with E-state index in [1.807, 2.05) is 31.2 Å². The highest BCUT2D eigenvalue weighted by Crippen LogP contribution is 2.35. The van der Waals surface area contributed by atoms with Gasteiger partial charge in [-0.15, -0.1) is 0 Å². The maximum atomic E-state index is 12.6. The van der Waals surface area contributed by atoms with Crippen molar-refractivity contribution in [3.8, 4) is 5.75 Å². The number of benzene rings is 3. The molecule has 0 aromatic heterocycles. The molecule has 5 nitrogen and oxygen atoms in total. The van der Waals surface area contributed by atoms with E-state index in [0.717, 1.165) is 10.0 Å². The summed E-state index contributed by atoms with van der Waals surface area (Å²) in [5.41, 5.74) is 2.67. The smallest absolute Gasteiger partial charge is 0.363 e. The zero-order valence-corrected chi connectivity index (χ0v) is 20.5. The third-order valence-corrected chi connectivity index (χ3v) is 5.82. The molecule has 160 valence electrons. The van der Waals surface area contributed by atoms with Gasteiger partial charge in [0.1, 0.15) is 0 Å². The van der Waals surface area contributed by atoms with E-state index in [0.29, 0.717) is 26.2 Å². The van der Waals surface area contributed by atoms with Gasteiger partial charge in [-0.05, 0) is 77.5 Å². The van der Waals surface area contributed by atoms with Crippen molar-refractivity contribution in [2.24, 2.45) is 4.99 Å². The second-order valence-corrected chi connectivity index (χ2v) is 9.11. The molecule has 0 aliphatic carbocycles. The highest BCUT2D eigenvalue weighted by molar-refractivity contribution is 9.11. The van der Waals surface area contributed by atoms with E-state index >= 15 is 0 Å². The molecule has 8 heteroatoms. The lowest BCUT2D eigenvalue weighted by molar-refractivity contribution is -0.129. The summed E-state index contributed by atoms with van der Waals surface area (Å²) in [6, 6.07) is 17.3. The maximum absolute atomic E-state index is 12.6. The average Bonchev–Trinajstić information content (AvgIpc) is 3.11. The van der Waals surface area contributed by atoms with Crippen LogP contribution in [0.25, 0.3) is 6.08 Å². The Balaban J connectivity index is 1.69. The number of halogens is 3. The summed E-state index contributed by atoms with van der Waals surface area (Å²) in [6.07, 6.45) is 1.52. The maximum Gasteiger partial charge on any atom is 0.363 e. The first-order valence-corrected chi connectivity index (χ1v) is 11.3. The Morgan fingerprint density at radius 2 is 1.75 bits per heavy atom. The third kappa shape index (κ3) is 5.01. The van der Waals surface area contributed by atoms with E-state index in [1.165, 1.54) is 6.08 Å². The van der Waals surface area contributed by atoms with E-state index in [-0.39, 0.29) is 17.3 Å². The Hall–Kier alpha value is -2.74. The minimum atomic E-state index is -0.591. The fourth-order valence-electron chi connectivity index (χ4n) is 2.91. The summed E-state index contributed by atoms with van der Waals surface area (Å²) in [6.45, 7) is 1.97. The van der Waals surface area contributed by atoms with Crippen LogP contribution in [0.2, 0.25) is 5.02 Å². The Kier molecular flexibility index (Phi) is 6.60. The lowest BCUT2D eigenvalue weighted by Gasteiger charge is -2.11. The fourth-order valence-corrected chi connectivity index (χ4v) is 4.37. The quantitative estimate of drug-likeness (QED) is 0.196. The predicted molar refractivity (Wildman–Crippen MR) is 130 cm³/mol. The van der Waals surface area contributed by atoms with Gasteiger partial charge in [-0.25, -0.2) is 14.6 Å².